The van der Waals surface area contributed by atoms with Gasteiger partial charge >= 0.3 is 12.1 Å². The van der Waals surface area contributed by atoms with E-state index in [1.807, 2.05) is 0 Å². The van der Waals surface area contributed by atoms with E-state index in [0.717, 1.165) is 4.90 Å². The monoisotopic (exact) mass is 593 g/mol. The summed E-state index contributed by atoms with van der Waals surface area (Å²) < 4.78 is 41.4. The number of hydrogen-bond donors (Lipinski definition) is 4. The number of thioether (sulfide) groups is 1. The number of aromatic nitrogens is 2. The van der Waals surface area contributed by atoms with Crippen LogP contribution in [0.2, 0.25) is 0 Å². The van der Waals surface area contributed by atoms with Gasteiger partial charge in [0.15, 0.2) is 11.7 Å². The lowest BCUT2D eigenvalue weighted by Crippen LogP contribution is -2.71. The molecule has 0 saturated carbocycles. The molecule has 3 amide bonds. The van der Waals surface area contributed by atoms with E-state index in [-0.39, 0.29) is 27.6 Å². The summed E-state index contributed by atoms with van der Waals surface area (Å²) in [6.45, 7) is -1.37. The number of quaternary nitrogens is 1. The first kappa shape index (κ1) is 29.8. The van der Waals surface area contributed by atoms with Gasteiger partial charge in [-0.2, -0.15) is 22.5 Å². The largest absolute Gasteiger partial charge is 0.477 e. The van der Waals surface area contributed by atoms with Crippen LogP contribution >= 0.6 is 23.3 Å². The van der Waals surface area contributed by atoms with E-state index in [9.17, 15) is 37.5 Å². The molecule has 0 bridgehead atoms. The highest BCUT2D eigenvalue weighted by Gasteiger charge is 2.54. The molecule has 0 aliphatic carbocycles. The third kappa shape index (κ3) is 7.45. The SMILES string of the molecule is C[N+](C)(C/C=C/C1=C(C(=O)O)N2C(=O)[C@@H](NC(=O)/C(=N\OCC(F)(F)F)c3nsc(N)n3)[C@H]2SC1)CC(N)=O. The second kappa shape index (κ2) is 11.6. The third-order valence-electron chi connectivity index (χ3n) is 5.24. The van der Waals surface area contributed by atoms with Crippen molar-refractivity contribution in [3.63, 3.8) is 0 Å². The minimum Gasteiger partial charge on any atom is -0.477 e. The predicted molar refractivity (Wildman–Crippen MR) is 133 cm³/mol. The first-order valence-electron chi connectivity index (χ1n) is 10.9. The molecule has 3 rings (SSSR count). The molecule has 1 saturated heterocycles. The van der Waals surface area contributed by atoms with Crippen LogP contribution in [0.1, 0.15) is 5.82 Å². The molecule has 6 N–H and O–H groups in total. The average Bonchev–Trinajstić information content (AvgIpc) is 3.23. The average molecular weight is 594 g/mol. The van der Waals surface area contributed by atoms with Crippen molar-refractivity contribution in [3.05, 3.63) is 29.2 Å². The van der Waals surface area contributed by atoms with Crippen molar-refractivity contribution < 1.29 is 46.8 Å². The number of oxime groups is 1. The number of primary amides is 1. The molecule has 0 aromatic carbocycles. The van der Waals surface area contributed by atoms with E-state index in [0.29, 0.717) is 23.7 Å². The number of halogens is 3. The summed E-state index contributed by atoms with van der Waals surface area (Å²) in [6, 6.07) is -1.21. The van der Waals surface area contributed by atoms with Gasteiger partial charge in [0.25, 0.3) is 17.7 Å². The Kier molecular flexibility index (Phi) is 8.86. The molecule has 19 heteroatoms. The second-order valence-electron chi connectivity index (χ2n) is 8.97. The van der Waals surface area contributed by atoms with Crippen LogP contribution in [-0.2, 0) is 24.0 Å². The first-order chi connectivity index (χ1) is 18.1. The number of rotatable bonds is 11. The number of nitrogens with zero attached hydrogens (tertiary/aromatic N) is 5. The van der Waals surface area contributed by atoms with Crippen LogP contribution in [-0.4, -0.2) is 110 Å². The number of nitrogens with one attached hydrogen (secondary N) is 1. The van der Waals surface area contributed by atoms with E-state index in [4.69, 9.17) is 11.5 Å². The standard InChI is InChI=1S/C20H23F3N8O6S2/c1-31(2,6-10(24)32)5-3-4-9-7-38-17-12(16(34)30(17)13(9)18(35)36)26-15(33)11(14-27-19(25)39-29-14)28-37-8-20(21,22)23/h3-4,12,17H,5-8H2,1-2H3,(H5-,24,25,26,27,29,32,33,35,36)/p+1/b4-3+,28-11-/t12-,17-/m1/s1. The van der Waals surface area contributed by atoms with Gasteiger partial charge in [0.2, 0.25) is 18.1 Å². The Balaban J connectivity index is 1.76. The molecule has 1 fully saturated rings. The molecule has 212 valence electrons. The fourth-order valence-corrected chi connectivity index (χ4v) is 5.39. The summed E-state index contributed by atoms with van der Waals surface area (Å²) in [5.41, 5.74) is 10.0. The van der Waals surface area contributed by atoms with Crippen molar-refractivity contribution in [2.24, 2.45) is 10.9 Å². The number of carboxylic acids is 1. The summed E-state index contributed by atoms with van der Waals surface area (Å²) >= 11 is 1.82. The second-order valence-corrected chi connectivity index (χ2v) is 10.9. The number of carbonyl (C=O) groups is 4. The maximum Gasteiger partial charge on any atom is 0.425 e. The van der Waals surface area contributed by atoms with Crippen molar-refractivity contribution in [2.45, 2.75) is 17.6 Å². The van der Waals surface area contributed by atoms with Gasteiger partial charge in [0, 0.05) is 17.3 Å². The maximum absolute atomic E-state index is 12.9. The molecule has 14 nitrogen and oxygen atoms in total. The predicted octanol–water partition coefficient (Wildman–Crippen LogP) is -0.740. The van der Waals surface area contributed by atoms with Crippen LogP contribution in [0.15, 0.2) is 28.6 Å². The van der Waals surface area contributed by atoms with Crippen LogP contribution in [0.25, 0.3) is 0 Å². The lowest BCUT2D eigenvalue weighted by Gasteiger charge is -2.49. The van der Waals surface area contributed by atoms with Crippen LogP contribution in [0.5, 0.6) is 0 Å². The molecule has 0 spiro atoms. The molecule has 0 unspecified atom stereocenters. The number of fused-ring (bicyclic) bond motifs is 1. The minimum absolute atomic E-state index is 0.0630. The highest BCUT2D eigenvalue weighted by Crippen LogP contribution is 2.40. The van der Waals surface area contributed by atoms with Crippen molar-refractivity contribution >= 4 is 57.8 Å². The number of nitrogens with two attached hydrogens (primary N) is 2. The topological polar surface area (TPSA) is 203 Å². The number of hydrogen-bond acceptors (Lipinski definition) is 11. The number of β-lactam (4-membered cyclic amide) rings is 1. The zero-order valence-corrected chi connectivity index (χ0v) is 22.1. The van der Waals surface area contributed by atoms with Gasteiger partial charge in [-0.1, -0.05) is 11.2 Å². The highest BCUT2D eigenvalue weighted by atomic mass is 32.2. The summed E-state index contributed by atoms with van der Waals surface area (Å²) in [5, 5.41) is 14.4. The molecule has 0 radical (unpaired) electrons. The Labute approximate surface area is 227 Å². The molecule has 39 heavy (non-hydrogen) atoms. The molecular formula is C20H24F3N8O6S2+. The number of likely N-dealkylation sites (N-methyl/N-ethyl adjacent to an activating group) is 1. The molecule has 2 aliphatic heterocycles. The minimum atomic E-state index is -4.73. The number of allylic oxidation sites excluding steroid dienone is 1. The lowest BCUT2D eigenvalue weighted by atomic mass is 10.0. The molecule has 1 aromatic heterocycles. The fourth-order valence-electron chi connectivity index (χ4n) is 3.63. The van der Waals surface area contributed by atoms with Crippen molar-refractivity contribution in [3.8, 4) is 0 Å². The molecule has 2 atom stereocenters. The Bertz CT molecular complexity index is 1260. The molecule has 3 heterocycles. The molecule has 1 aromatic rings. The Morgan fingerprint density at radius 3 is 2.62 bits per heavy atom. The van der Waals surface area contributed by atoms with E-state index < -0.39 is 59.4 Å². The van der Waals surface area contributed by atoms with Crippen LogP contribution < -0.4 is 16.8 Å². The normalized spacial score (nSPS) is 20.1. The van der Waals surface area contributed by atoms with Gasteiger partial charge < -0.3 is 31.2 Å². The molecular weight excluding hydrogens is 569 g/mol. The van der Waals surface area contributed by atoms with E-state index >= 15 is 0 Å². The van der Waals surface area contributed by atoms with Crippen molar-refractivity contribution in [1.82, 2.24) is 19.6 Å². The van der Waals surface area contributed by atoms with Gasteiger partial charge in [-0.25, -0.2) is 4.79 Å². The summed E-state index contributed by atoms with van der Waals surface area (Å²) in [7, 11) is 3.53. The smallest absolute Gasteiger partial charge is 0.425 e. The van der Waals surface area contributed by atoms with Crippen molar-refractivity contribution in [2.75, 3.05) is 45.3 Å². The van der Waals surface area contributed by atoms with E-state index in [1.54, 1.807) is 26.2 Å². The Morgan fingerprint density at radius 1 is 1.36 bits per heavy atom. The number of aliphatic carboxylic acids is 1. The van der Waals surface area contributed by atoms with Gasteiger partial charge in [-0.05, 0) is 11.6 Å². The molecule has 2 aliphatic rings. The van der Waals surface area contributed by atoms with E-state index in [2.05, 4.69) is 24.7 Å². The summed E-state index contributed by atoms with van der Waals surface area (Å²) in [5.74, 6) is -3.97. The van der Waals surface area contributed by atoms with Gasteiger partial charge in [-0.3, -0.25) is 19.3 Å². The Hall–Kier alpha value is -3.71. The summed E-state index contributed by atoms with van der Waals surface area (Å²) in [4.78, 5) is 58.0. The van der Waals surface area contributed by atoms with E-state index in [1.165, 1.54) is 11.8 Å². The van der Waals surface area contributed by atoms with Gasteiger partial charge in [0.1, 0.15) is 17.1 Å². The number of carbonyl (C=O) groups excluding carboxylic acids is 3. The van der Waals surface area contributed by atoms with Crippen molar-refractivity contribution in [1.29, 1.82) is 0 Å². The maximum atomic E-state index is 12.9. The lowest BCUT2D eigenvalue weighted by molar-refractivity contribution is -0.876. The number of alkyl halides is 3. The zero-order chi connectivity index (χ0) is 29.1. The first-order valence-corrected chi connectivity index (χ1v) is 12.8. The number of anilines is 1. The van der Waals surface area contributed by atoms with Gasteiger partial charge in [-0.15, -0.1) is 11.8 Å². The quantitative estimate of drug-likeness (QED) is 0.109. The van der Waals surface area contributed by atoms with Crippen LogP contribution in [0.3, 0.4) is 0 Å². The van der Waals surface area contributed by atoms with Crippen LogP contribution in [0, 0.1) is 0 Å². The Morgan fingerprint density at radius 2 is 2.05 bits per heavy atom. The fraction of sp³-hybridized carbons (Fsp3) is 0.450. The van der Waals surface area contributed by atoms with Crippen LogP contribution in [0.4, 0.5) is 18.3 Å². The number of nitrogen functional groups attached to an aromatic ring is 1. The van der Waals surface area contributed by atoms with Gasteiger partial charge in [0.05, 0.1) is 20.6 Å². The number of amides is 3. The zero-order valence-electron chi connectivity index (χ0n) is 20.5. The highest BCUT2D eigenvalue weighted by molar-refractivity contribution is 8.00. The third-order valence-corrected chi connectivity index (χ3v) is 7.09. The summed E-state index contributed by atoms with van der Waals surface area (Å²) in [6.07, 6.45) is -1.51. The number of carboxylic acid groups (broad SMARTS) is 1.